The van der Waals surface area contributed by atoms with E-state index in [4.69, 9.17) is 5.11 Å². The van der Waals surface area contributed by atoms with Crippen LogP contribution in [-0.4, -0.2) is 31.3 Å². The summed E-state index contributed by atoms with van der Waals surface area (Å²) in [4.78, 5) is 11.0. The van der Waals surface area contributed by atoms with E-state index >= 15 is 0 Å². The topological polar surface area (TPSA) is 83.5 Å². The SMILES string of the molecule is CCS(=O)(=O)c1cc(C(=O)O)ccc1NC1CC1. The molecule has 0 unspecified atom stereocenters. The average Bonchev–Trinajstić information content (AvgIpc) is 3.13. The van der Waals surface area contributed by atoms with E-state index in [0.29, 0.717) is 11.7 Å². The zero-order chi connectivity index (χ0) is 13.3. The molecule has 0 aromatic heterocycles. The summed E-state index contributed by atoms with van der Waals surface area (Å²) in [5.41, 5.74) is 0.493. The average molecular weight is 269 g/mol. The van der Waals surface area contributed by atoms with E-state index in [2.05, 4.69) is 5.32 Å². The highest BCUT2D eigenvalue weighted by Crippen LogP contribution is 2.30. The molecule has 0 bridgehead atoms. The summed E-state index contributed by atoms with van der Waals surface area (Å²) in [7, 11) is -3.43. The molecule has 0 amide bonds. The van der Waals surface area contributed by atoms with Gasteiger partial charge in [0.15, 0.2) is 9.84 Å². The van der Waals surface area contributed by atoms with Crippen molar-refractivity contribution in [3.63, 3.8) is 0 Å². The first-order chi connectivity index (χ1) is 8.44. The van der Waals surface area contributed by atoms with Gasteiger partial charge >= 0.3 is 5.97 Å². The van der Waals surface area contributed by atoms with Gasteiger partial charge in [0.2, 0.25) is 0 Å². The minimum atomic E-state index is -3.43. The zero-order valence-electron chi connectivity index (χ0n) is 10.0. The lowest BCUT2D eigenvalue weighted by atomic mass is 10.2. The van der Waals surface area contributed by atoms with Crippen molar-refractivity contribution in [2.24, 2.45) is 0 Å². The molecule has 0 heterocycles. The van der Waals surface area contributed by atoms with Gasteiger partial charge in [-0.25, -0.2) is 13.2 Å². The molecule has 0 atom stereocenters. The Balaban J connectivity index is 2.48. The molecule has 5 nitrogen and oxygen atoms in total. The van der Waals surface area contributed by atoms with Crippen molar-refractivity contribution >= 4 is 21.5 Å². The number of hydrogen-bond acceptors (Lipinski definition) is 4. The van der Waals surface area contributed by atoms with Crippen molar-refractivity contribution in [2.45, 2.75) is 30.7 Å². The number of nitrogens with one attached hydrogen (secondary N) is 1. The summed E-state index contributed by atoms with van der Waals surface area (Å²) >= 11 is 0. The van der Waals surface area contributed by atoms with Gasteiger partial charge in [0.05, 0.1) is 21.9 Å². The van der Waals surface area contributed by atoms with Gasteiger partial charge in [0.1, 0.15) is 0 Å². The predicted molar refractivity (Wildman–Crippen MR) is 67.8 cm³/mol. The number of carbonyl (C=O) groups is 1. The van der Waals surface area contributed by atoms with Crippen LogP contribution < -0.4 is 5.32 Å². The maximum Gasteiger partial charge on any atom is 0.335 e. The van der Waals surface area contributed by atoms with E-state index in [1.54, 1.807) is 6.92 Å². The maximum atomic E-state index is 12.0. The van der Waals surface area contributed by atoms with Crippen LogP contribution in [0.4, 0.5) is 5.69 Å². The Hall–Kier alpha value is -1.56. The maximum absolute atomic E-state index is 12.0. The summed E-state index contributed by atoms with van der Waals surface area (Å²) in [5.74, 6) is -1.17. The molecule has 1 aromatic carbocycles. The van der Waals surface area contributed by atoms with Gasteiger partial charge in [-0.2, -0.15) is 0 Å². The number of sulfone groups is 1. The second-order valence-corrected chi connectivity index (χ2v) is 6.58. The minimum Gasteiger partial charge on any atom is -0.478 e. The van der Waals surface area contributed by atoms with Crippen LogP contribution in [0.3, 0.4) is 0 Å². The molecule has 18 heavy (non-hydrogen) atoms. The fourth-order valence-electron chi connectivity index (χ4n) is 1.64. The van der Waals surface area contributed by atoms with Gasteiger partial charge in [0, 0.05) is 6.04 Å². The molecule has 1 aromatic rings. The van der Waals surface area contributed by atoms with Gasteiger partial charge in [-0.15, -0.1) is 0 Å². The Morgan fingerprint density at radius 3 is 2.61 bits per heavy atom. The standard InChI is InChI=1S/C12H15NO4S/c1-2-18(16,17)11-7-8(12(14)15)3-6-10(11)13-9-4-5-9/h3,6-7,9,13H,2,4-5H2,1H3,(H,14,15). The van der Waals surface area contributed by atoms with Crippen molar-refractivity contribution < 1.29 is 18.3 Å². The molecule has 1 fully saturated rings. The molecule has 98 valence electrons. The third kappa shape index (κ3) is 2.64. The monoisotopic (exact) mass is 269 g/mol. The van der Waals surface area contributed by atoms with E-state index in [1.165, 1.54) is 18.2 Å². The number of benzene rings is 1. The Labute approximate surface area is 106 Å². The number of anilines is 1. The molecule has 2 rings (SSSR count). The summed E-state index contributed by atoms with van der Waals surface area (Å²) in [6.45, 7) is 1.55. The molecule has 0 aliphatic heterocycles. The van der Waals surface area contributed by atoms with E-state index in [1.807, 2.05) is 0 Å². The van der Waals surface area contributed by atoms with Crippen LogP contribution in [-0.2, 0) is 9.84 Å². The van der Waals surface area contributed by atoms with Crippen LogP contribution >= 0.6 is 0 Å². The number of hydrogen-bond donors (Lipinski definition) is 2. The Bertz CT molecular complexity index is 576. The largest absolute Gasteiger partial charge is 0.478 e. The molecular formula is C12H15NO4S. The predicted octanol–water partition coefficient (Wildman–Crippen LogP) is 1.75. The molecular weight excluding hydrogens is 254 g/mol. The number of carboxylic acids is 1. The van der Waals surface area contributed by atoms with Gasteiger partial charge in [-0.3, -0.25) is 0 Å². The highest BCUT2D eigenvalue weighted by molar-refractivity contribution is 7.91. The van der Waals surface area contributed by atoms with Crippen molar-refractivity contribution in [3.05, 3.63) is 23.8 Å². The first kappa shape index (κ1) is 12.9. The lowest BCUT2D eigenvalue weighted by molar-refractivity contribution is 0.0696. The number of carboxylic acid groups (broad SMARTS) is 1. The van der Waals surface area contributed by atoms with Gasteiger partial charge in [0.25, 0.3) is 0 Å². The molecule has 1 aliphatic rings. The first-order valence-electron chi connectivity index (χ1n) is 5.80. The van der Waals surface area contributed by atoms with Crippen LogP contribution in [0.5, 0.6) is 0 Å². The Kier molecular flexibility index (Phi) is 3.30. The third-order valence-corrected chi connectivity index (χ3v) is 4.65. The van der Waals surface area contributed by atoms with Gasteiger partial charge < -0.3 is 10.4 Å². The molecule has 0 spiro atoms. The fraction of sp³-hybridized carbons (Fsp3) is 0.417. The second-order valence-electron chi connectivity index (χ2n) is 4.34. The molecule has 2 N–H and O–H groups in total. The van der Waals surface area contributed by atoms with E-state index in [9.17, 15) is 13.2 Å². The third-order valence-electron chi connectivity index (χ3n) is 2.88. The highest BCUT2D eigenvalue weighted by Gasteiger charge is 2.25. The fourth-order valence-corrected chi connectivity index (χ4v) is 2.71. The zero-order valence-corrected chi connectivity index (χ0v) is 10.8. The van der Waals surface area contributed by atoms with Crippen LogP contribution in [0.25, 0.3) is 0 Å². The van der Waals surface area contributed by atoms with Crippen LogP contribution in [0.1, 0.15) is 30.1 Å². The van der Waals surface area contributed by atoms with Crippen molar-refractivity contribution in [3.8, 4) is 0 Å². The summed E-state index contributed by atoms with van der Waals surface area (Å²) < 4.78 is 23.9. The quantitative estimate of drug-likeness (QED) is 0.850. The molecule has 1 saturated carbocycles. The normalized spacial score (nSPS) is 15.4. The molecule has 0 saturated heterocycles. The number of aromatic carboxylic acids is 1. The Morgan fingerprint density at radius 1 is 1.44 bits per heavy atom. The molecule has 6 heteroatoms. The van der Waals surface area contributed by atoms with Crippen molar-refractivity contribution in [2.75, 3.05) is 11.1 Å². The molecule has 1 aliphatic carbocycles. The van der Waals surface area contributed by atoms with E-state index < -0.39 is 15.8 Å². The lowest BCUT2D eigenvalue weighted by Crippen LogP contribution is -2.12. The van der Waals surface area contributed by atoms with Crippen molar-refractivity contribution in [1.82, 2.24) is 0 Å². The van der Waals surface area contributed by atoms with Crippen LogP contribution in [0, 0.1) is 0 Å². The summed E-state index contributed by atoms with van der Waals surface area (Å²) in [5, 5.41) is 12.0. The summed E-state index contributed by atoms with van der Waals surface area (Å²) in [6, 6.07) is 4.49. The molecule has 0 radical (unpaired) electrons. The lowest BCUT2D eigenvalue weighted by Gasteiger charge is -2.12. The number of rotatable bonds is 5. The van der Waals surface area contributed by atoms with Gasteiger partial charge in [-0.1, -0.05) is 6.92 Å². The second kappa shape index (κ2) is 4.61. The Morgan fingerprint density at radius 2 is 2.11 bits per heavy atom. The van der Waals surface area contributed by atoms with Crippen LogP contribution in [0.2, 0.25) is 0 Å². The first-order valence-corrected chi connectivity index (χ1v) is 7.46. The highest BCUT2D eigenvalue weighted by atomic mass is 32.2. The van der Waals surface area contributed by atoms with E-state index in [-0.39, 0.29) is 16.2 Å². The van der Waals surface area contributed by atoms with E-state index in [0.717, 1.165) is 12.8 Å². The van der Waals surface area contributed by atoms with Crippen LogP contribution in [0.15, 0.2) is 23.1 Å². The van der Waals surface area contributed by atoms with Gasteiger partial charge in [-0.05, 0) is 31.0 Å². The summed E-state index contributed by atoms with van der Waals surface area (Å²) in [6.07, 6.45) is 2.04. The smallest absolute Gasteiger partial charge is 0.335 e. The minimum absolute atomic E-state index is 0.0108. The van der Waals surface area contributed by atoms with Crippen molar-refractivity contribution in [1.29, 1.82) is 0 Å².